The molecule has 0 atom stereocenters. The second kappa shape index (κ2) is 27.1. The van der Waals surface area contributed by atoms with Crippen molar-refractivity contribution in [2.45, 2.75) is 129 Å². The van der Waals surface area contributed by atoms with E-state index in [-0.39, 0.29) is 37.7 Å². The summed E-state index contributed by atoms with van der Waals surface area (Å²) in [4.78, 5) is 0. The zero-order chi connectivity index (χ0) is 14.7. The van der Waals surface area contributed by atoms with Crippen LogP contribution in [0.1, 0.15) is 129 Å². The molecule has 0 bridgehead atoms. The van der Waals surface area contributed by atoms with E-state index >= 15 is 0 Å². The Labute approximate surface area is 166 Å². The average Bonchev–Trinajstić information content (AvgIpc) is 2.47. The molecule has 0 aromatic rings. The Morgan fingerprint density at radius 1 is 0.273 bits per heavy atom. The fourth-order valence-electron chi connectivity index (χ4n) is 2.97. The molecule has 0 fully saturated rings. The molecule has 0 saturated carbocycles. The Kier molecular flexibility index (Phi) is 34.5. The van der Waals surface area contributed by atoms with Crippen molar-refractivity contribution in [1.82, 2.24) is 0 Å². The van der Waals surface area contributed by atoms with Gasteiger partial charge in [0, 0.05) is 0 Å². The van der Waals surface area contributed by atoms with Crippen LogP contribution in [0.5, 0.6) is 0 Å². The van der Waals surface area contributed by atoms with E-state index in [1.54, 1.807) is 0 Å². The third-order valence-electron chi connectivity index (χ3n) is 4.46. The van der Waals surface area contributed by atoms with Crippen molar-refractivity contribution in [2.24, 2.45) is 0 Å². The van der Waals surface area contributed by atoms with Gasteiger partial charge < -0.3 is 0 Å². The number of hydrogen-bond acceptors (Lipinski definition) is 0. The minimum absolute atomic E-state index is 0. The van der Waals surface area contributed by atoms with Crippen LogP contribution in [-0.4, -0.2) is 37.7 Å². The summed E-state index contributed by atoms with van der Waals surface area (Å²) in [7, 11) is 0. The summed E-state index contributed by atoms with van der Waals surface area (Å²) >= 11 is 0. The van der Waals surface area contributed by atoms with E-state index in [1.165, 1.54) is 116 Å². The van der Waals surface area contributed by atoms with Crippen molar-refractivity contribution in [2.75, 3.05) is 0 Å². The number of hydrogen-bond donors (Lipinski definition) is 0. The molecule has 22 heavy (non-hydrogen) atoms. The topological polar surface area (TPSA) is 0 Å². The molecule has 0 aliphatic heterocycles. The van der Waals surface area contributed by atoms with Gasteiger partial charge in [-0.3, -0.25) is 0 Å². The van der Waals surface area contributed by atoms with Crippen molar-refractivity contribution in [1.29, 1.82) is 0 Å². The molecule has 2 heteroatoms. The molecule has 0 spiro atoms. The molecule has 0 rings (SSSR count). The van der Waals surface area contributed by atoms with Gasteiger partial charge in [-0.1, -0.05) is 129 Å². The van der Waals surface area contributed by atoms with E-state index < -0.39 is 0 Å². The van der Waals surface area contributed by atoms with Crippen LogP contribution in [0.4, 0.5) is 0 Å². The molecular weight excluding hydrogens is 254 g/mol. The molecule has 0 N–H and O–H groups in total. The van der Waals surface area contributed by atoms with Crippen molar-refractivity contribution < 1.29 is 0 Å². The zero-order valence-corrected chi connectivity index (χ0v) is 14.7. The fraction of sp³-hybridized carbons (Fsp3) is 1.00. The van der Waals surface area contributed by atoms with E-state index in [4.69, 9.17) is 0 Å². The molecule has 0 amide bonds. The Balaban J connectivity index is -0.00000180. The van der Waals surface area contributed by atoms with Crippen LogP contribution in [0, 0.1) is 0 Å². The first kappa shape index (κ1) is 28.0. The average molecular weight is 298 g/mol. The van der Waals surface area contributed by atoms with Crippen molar-refractivity contribution >= 4 is 37.7 Å². The van der Waals surface area contributed by atoms with E-state index in [0.717, 1.165) is 0 Å². The number of unbranched alkanes of at least 4 members (excludes halogenated alkanes) is 17. The second-order valence-electron chi connectivity index (χ2n) is 6.66. The first-order valence-corrected chi connectivity index (χ1v) is 9.91. The maximum absolute atomic E-state index is 2.30. The van der Waals surface area contributed by atoms with Gasteiger partial charge in [0.05, 0.1) is 0 Å². The maximum atomic E-state index is 2.30. The molecule has 0 heterocycles. The van der Waals surface area contributed by atoms with Gasteiger partial charge in [0.2, 0.25) is 0 Å². The summed E-state index contributed by atoms with van der Waals surface area (Å²) in [5.41, 5.74) is 0. The summed E-state index contributed by atoms with van der Waals surface area (Å²) < 4.78 is 0. The van der Waals surface area contributed by atoms with E-state index in [1.807, 2.05) is 0 Å². The predicted octanol–water partition coefficient (Wildman–Crippen LogP) is 6.75. The summed E-state index contributed by atoms with van der Waals surface area (Å²) in [6.45, 7) is 4.59. The molecule has 126 valence electrons. The summed E-state index contributed by atoms with van der Waals surface area (Å²) in [6, 6.07) is 0. The van der Waals surface area contributed by atoms with Gasteiger partial charge in [0.15, 0.2) is 0 Å². The van der Waals surface area contributed by atoms with Gasteiger partial charge in [-0.05, 0) is 0 Å². The molecule has 0 aliphatic carbocycles. The van der Waals surface area contributed by atoms with Crippen molar-refractivity contribution in [3.63, 3.8) is 0 Å². The van der Waals surface area contributed by atoms with Gasteiger partial charge in [-0.2, -0.15) is 0 Å². The van der Waals surface area contributed by atoms with Crippen LogP contribution in [0.2, 0.25) is 0 Å². The molecular formula is C20H44Li2. The Hall–Kier alpha value is 1.19. The van der Waals surface area contributed by atoms with Gasteiger partial charge in [0.1, 0.15) is 0 Å². The molecule has 0 saturated heterocycles. The van der Waals surface area contributed by atoms with Crippen LogP contribution >= 0.6 is 0 Å². The molecule has 0 aromatic heterocycles. The van der Waals surface area contributed by atoms with Gasteiger partial charge in [-0.15, -0.1) is 0 Å². The standard InChI is InChI=1S/C20H42.2Li.2H/c1-3-5-7-9-11-13-15-17-19-20-18-16-14-12-10-8-6-4-2;;;;/h3-20H2,1-2H3;;;;. The number of rotatable bonds is 17. The van der Waals surface area contributed by atoms with Crippen LogP contribution < -0.4 is 0 Å². The predicted molar refractivity (Wildman–Crippen MR) is 109 cm³/mol. The quantitative estimate of drug-likeness (QED) is 0.206. The van der Waals surface area contributed by atoms with Crippen LogP contribution in [0.3, 0.4) is 0 Å². The minimum atomic E-state index is 0. The molecule has 0 nitrogen and oxygen atoms in total. The van der Waals surface area contributed by atoms with E-state index in [9.17, 15) is 0 Å². The Morgan fingerprint density at radius 3 is 0.545 bits per heavy atom. The third kappa shape index (κ3) is 26.1. The molecule has 0 radical (unpaired) electrons. The third-order valence-corrected chi connectivity index (χ3v) is 4.46. The molecule has 0 unspecified atom stereocenters. The second-order valence-corrected chi connectivity index (χ2v) is 6.66. The van der Waals surface area contributed by atoms with E-state index in [0.29, 0.717) is 0 Å². The summed E-state index contributed by atoms with van der Waals surface area (Å²) in [5.74, 6) is 0. The Bertz CT molecular complexity index is 142. The summed E-state index contributed by atoms with van der Waals surface area (Å²) in [6.07, 6.45) is 26.4. The van der Waals surface area contributed by atoms with Gasteiger partial charge in [0.25, 0.3) is 0 Å². The van der Waals surface area contributed by atoms with Crippen LogP contribution in [0.25, 0.3) is 0 Å². The summed E-state index contributed by atoms with van der Waals surface area (Å²) in [5, 5.41) is 0. The molecule has 0 aromatic carbocycles. The van der Waals surface area contributed by atoms with Gasteiger partial charge in [-0.25, -0.2) is 0 Å². The SMILES string of the molecule is CCCCCCCCCCCCCCCCCCCC.[LiH].[LiH]. The first-order valence-electron chi connectivity index (χ1n) is 9.91. The van der Waals surface area contributed by atoms with Crippen molar-refractivity contribution in [3.05, 3.63) is 0 Å². The normalized spacial score (nSPS) is 10.1. The fourth-order valence-corrected chi connectivity index (χ4v) is 2.97. The zero-order valence-electron chi connectivity index (χ0n) is 14.7. The van der Waals surface area contributed by atoms with E-state index in [2.05, 4.69) is 13.8 Å². The monoisotopic (exact) mass is 298 g/mol. The van der Waals surface area contributed by atoms with Crippen molar-refractivity contribution in [3.8, 4) is 0 Å². The van der Waals surface area contributed by atoms with Gasteiger partial charge >= 0.3 is 37.7 Å². The van der Waals surface area contributed by atoms with Crippen LogP contribution in [-0.2, 0) is 0 Å². The molecule has 0 aliphatic rings. The Morgan fingerprint density at radius 2 is 0.409 bits per heavy atom. The van der Waals surface area contributed by atoms with Crippen LogP contribution in [0.15, 0.2) is 0 Å². The first-order chi connectivity index (χ1) is 9.91.